The van der Waals surface area contributed by atoms with E-state index in [1.807, 2.05) is 0 Å². The second-order valence-corrected chi connectivity index (χ2v) is 4.83. The number of carboxylic acids is 2. The van der Waals surface area contributed by atoms with Crippen LogP contribution in [0.2, 0.25) is 0 Å². The van der Waals surface area contributed by atoms with E-state index < -0.39 is 47.9 Å². The Morgan fingerprint density at radius 1 is 0.909 bits per heavy atom. The van der Waals surface area contributed by atoms with E-state index in [-0.39, 0.29) is 0 Å². The number of nitriles is 2. The Hall–Kier alpha value is -2.56. The third-order valence-corrected chi connectivity index (χ3v) is 3.28. The third kappa shape index (κ3) is 5.09. The van der Waals surface area contributed by atoms with Gasteiger partial charge in [-0.15, -0.1) is 0 Å². The Morgan fingerprint density at radius 2 is 1.18 bits per heavy atom. The van der Waals surface area contributed by atoms with Gasteiger partial charge in [0.25, 0.3) is 0 Å². The molecule has 0 rings (SSSR count). The second-order valence-electron chi connectivity index (χ2n) is 4.83. The number of carboxylic acid groups (broad SMARTS) is 2. The summed E-state index contributed by atoms with van der Waals surface area (Å²) in [6.07, 6.45) is 0. The lowest BCUT2D eigenvalue weighted by Crippen LogP contribution is -2.42. The Morgan fingerprint density at radius 3 is 1.36 bits per heavy atom. The minimum atomic E-state index is -1.32. The van der Waals surface area contributed by atoms with Gasteiger partial charge < -0.3 is 21.7 Å². The zero-order valence-electron chi connectivity index (χ0n) is 12.1. The lowest BCUT2D eigenvalue weighted by Gasteiger charge is -2.19. The van der Waals surface area contributed by atoms with Gasteiger partial charge in [0.05, 0.1) is 12.1 Å². The molecule has 0 aromatic rings. The van der Waals surface area contributed by atoms with E-state index in [0.717, 1.165) is 0 Å². The van der Waals surface area contributed by atoms with Crippen LogP contribution in [-0.2, 0) is 9.59 Å². The Balaban J connectivity index is 5.11. The first kappa shape index (κ1) is 19.4. The second kappa shape index (κ2) is 8.67. The highest BCUT2D eigenvalue weighted by atomic mass is 16.4. The first-order valence-corrected chi connectivity index (χ1v) is 6.33. The van der Waals surface area contributed by atoms with E-state index in [2.05, 4.69) is 10.2 Å². The molecule has 6 atom stereocenters. The van der Waals surface area contributed by atoms with E-state index >= 15 is 0 Å². The molecule has 0 aliphatic rings. The van der Waals surface area contributed by atoms with Crippen LogP contribution in [0.5, 0.6) is 0 Å². The molecule has 0 amide bonds. The maximum Gasteiger partial charge on any atom is 0.320 e. The molecule has 0 fully saturated rings. The van der Waals surface area contributed by atoms with Crippen LogP contribution in [0.15, 0.2) is 10.2 Å². The fraction of sp³-hybridized carbons (Fsp3) is 0.667. The van der Waals surface area contributed by atoms with Crippen LogP contribution < -0.4 is 11.5 Å². The monoisotopic (exact) mass is 310 g/mol. The smallest absolute Gasteiger partial charge is 0.320 e. The molecule has 0 heterocycles. The van der Waals surface area contributed by atoms with Crippen molar-refractivity contribution in [3.63, 3.8) is 0 Å². The van der Waals surface area contributed by atoms with Crippen LogP contribution >= 0.6 is 0 Å². The van der Waals surface area contributed by atoms with Crippen molar-refractivity contribution in [1.29, 1.82) is 10.5 Å². The Labute approximate surface area is 127 Å². The summed E-state index contributed by atoms with van der Waals surface area (Å²) in [5.41, 5.74) is 10.8. The molecular weight excluding hydrogens is 292 g/mol. The van der Waals surface area contributed by atoms with Crippen molar-refractivity contribution < 1.29 is 19.8 Å². The molecule has 6 N–H and O–H groups in total. The largest absolute Gasteiger partial charge is 0.480 e. The zero-order valence-corrected chi connectivity index (χ0v) is 12.1. The normalized spacial score (nSPS) is 19.2. The number of aliphatic carboxylic acids is 2. The summed E-state index contributed by atoms with van der Waals surface area (Å²) in [5, 5.41) is 42.9. The van der Waals surface area contributed by atoms with Crippen LogP contribution in [0.1, 0.15) is 13.8 Å². The quantitative estimate of drug-likeness (QED) is 0.422. The SMILES string of the molecule is CC(C(C#N)N=NC(C#N)C(C)[C@H](N)C(=O)O)[C@H](N)C(=O)O. The van der Waals surface area contributed by atoms with E-state index in [1.54, 1.807) is 12.1 Å². The molecule has 0 aliphatic heterocycles. The molecule has 4 unspecified atom stereocenters. The van der Waals surface area contributed by atoms with Crippen molar-refractivity contribution in [2.24, 2.45) is 33.5 Å². The number of carbonyl (C=O) groups is 2. The van der Waals surface area contributed by atoms with Crippen molar-refractivity contribution in [2.75, 3.05) is 0 Å². The molecule has 0 radical (unpaired) electrons. The molecule has 0 saturated heterocycles. The van der Waals surface area contributed by atoms with Gasteiger partial charge in [0.1, 0.15) is 12.1 Å². The molecule has 22 heavy (non-hydrogen) atoms. The van der Waals surface area contributed by atoms with E-state index in [0.29, 0.717) is 0 Å². The van der Waals surface area contributed by atoms with E-state index in [4.69, 9.17) is 32.2 Å². The molecule has 0 aliphatic carbocycles. The van der Waals surface area contributed by atoms with E-state index in [9.17, 15) is 9.59 Å². The van der Waals surface area contributed by atoms with Crippen LogP contribution in [0.25, 0.3) is 0 Å². The summed E-state index contributed by atoms with van der Waals surface area (Å²) in [7, 11) is 0. The van der Waals surface area contributed by atoms with Gasteiger partial charge in [0, 0.05) is 11.8 Å². The molecule has 10 nitrogen and oxygen atoms in total. The first-order valence-electron chi connectivity index (χ1n) is 6.33. The average Bonchev–Trinajstić information content (AvgIpc) is 2.48. The summed E-state index contributed by atoms with van der Waals surface area (Å²) in [6, 6.07) is -1.48. The van der Waals surface area contributed by atoms with Crippen molar-refractivity contribution >= 4 is 11.9 Å². The van der Waals surface area contributed by atoms with Crippen LogP contribution in [0, 0.1) is 34.5 Å². The summed E-state index contributed by atoms with van der Waals surface area (Å²) < 4.78 is 0. The highest BCUT2D eigenvalue weighted by Gasteiger charge is 2.30. The van der Waals surface area contributed by atoms with Gasteiger partial charge >= 0.3 is 11.9 Å². The minimum absolute atomic E-state index is 0.839. The highest BCUT2D eigenvalue weighted by Crippen LogP contribution is 2.15. The van der Waals surface area contributed by atoms with Gasteiger partial charge in [-0.1, -0.05) is 13.8 Å². The predicted octanol–water partition coefficient (Wildman–Crippen LogP) is -0.681. The lowest BCUT2D eigenvalue weighted by molar-refractivity contribution is -0.140. The van der Waals surface area contributed by atoms with Crippen LogP contribution in [-0.4, -0.2) is 46.3 Å². The maximum atomic E-state index is 10.8. The topological polar surface area (TPSA) is 199 Å². The summed E-state index contributed by atoms with van der Waals surface area (Å²) in [6.45, 7) is 2.83. The highest BCUT2D eigenvalue weighted by molar-refractivity contribution is 5.74. The molecule has 0 aromatic carbocycles. The Bertz CT molecular complexity index is 477. The molecule has 120 valence electrons. The fourth-order valence-corrected chi connectivity index (χ4v) is 1.48. The van der Waals surface area contributed by atoms with Gasteiger partial charge in [-0.3, -0.25) is 9.59 Å². The average molecular weight is 310 g/mol. The van der Waals surface area contributed by atoms with Crippen molar-refractivity contribution in [2.45, 2.75) is 38.0 Å². The number of hydrogen-bond donors (Lipinski definition) is 4. The van der Waals surface area contributed by atoms with Gasteiger partial charge in [0.2, 0.25) is 0 Å². The van der Waals surface area contributed by atoms with E-state index in [1.165, 1.54) is 13.8 Å². The molecule has 0 aromatic heterocycles. The summed E-state index contributed by atoms with van der Waals surface area (Å²) in [4.78, 5) is 21.6. The number of nitrogens with two attached hydrogens (primary N) is 2. The first-order chi connectivity index (χ1) is 10.2. The number of nitrogens with zero attached hydrogens (tertiary/aromatic N) is 4. The van der Waals surface area contributed by atoms with Gasteiger partial charge in [-0.05, 0) is 0 Å². The standard InChI is InChI=1S/C12H18N6O4/c1-5(9(15)11(19)20)7(3-13)17-18-8(4-14)6(2)10(16)12(21)22/h5-10H,15-16H2,1-2H3,(H,19,20)(H,21,22)/t5?,6?,7?,8?,9-,10-/m0/s1. The molecule has 0 spiro atoms. The number of rotatable bonds is 8. The van der Waals surface area contributed by atoms with Gasteiger partial charge in [-0.25, -0.2) is 0 Å². The zero-order chi connectivity index (χ0) is 17.4. The van der Waals surface area contributed by atoms with Crippen LogP contribution in [0.3, 0.4) is 0 Å². The maximum absolute atomic E-state index is 10.8. The molecule has 10 heteroatoms. The number of hydrogen-bond acceptors (Lipinski definition) is 8. The predicted molar refractivity (Wildman–Crippen MR) is 73.2 cm³/mol. The molecular formula is C12H18N6O4. The van der Waals surface area contributed by atoms with Crippen molar-refractivity contribution in [3.8, 4) is 12.1 Å². The van der Waals surface area contributed by atoms with Crippen molar-refractivity contribution in [3.05, 3.63) is 0 Å². The summed E-state index contributed by atoms with van der Waals surface area (Å²) in [5.74, 6) is -4.26. The minimum Gasteiger partial charge on any atom is -0.480 e. The van der Waals surface area contributed by atoms with Gasteiger partial charge in [0.15, 0.2) is 12.1 Å². The van der Waals surface area contributed by atoms with Crippen LogP contribution in [0.4, 0.5) is 0 Å². The summed E-state index contributed by atoms with van der Waals surface area (Å²) >= 11 is 0. The fourth-order valence-electron chi connectivity index (χ4n) is 1.48. The third-order valence-electron chi connectivity index (χ3n) is 3.28. The molecule has 0 saturated carbocycles. The van der Waals surface area contributed by atoms with Crippen molar-refractivity contribution in [1.82, 2.24) is 0 Å². The lowest BCUT2D eigenvalue weighted by atomic mass is 9.95. The van der Waals surface area contributed by atoms with Gasteiger partial charge in [-0.2, -0.15) is 20.8 Å². The molecule has 0 bridgehead atoms. The number of azo groups is 1. The Kier molecular flexibility index (Phi) is 7.66.